The summed E-state index contributed by atoms with van der Waals surface area (Å²) in [4.78, 5) is 15.7. The summed E-state index contributed by atoms with van der Waals surface area (Å²) in [6.07, 6.45) is -2.05. The first-order valence-electron chi connectivity index (χ1n) is 7.03. The van der Waals surface area contributed by atoms with Gasteiger partial charge in [-0.2, -0.15) is 22.8 Å². The van der Waals surface area contributed by atoms with Crippen LogP contribution in [0.25, 0.3) is 0 Å². The van der Waals surface area contributed by atoms with Crippen LogP contribution >= 0.6 is 15.9 Å². The summed E-state index contributed by atoms with van der Waals surface area (Å²) in [6, 6.07) is 1.81. The van der Waals surface area contributed by atoms with Gasteiger partial charge in [0.05, 0.1) is 28.5 Å². The Hall–Kier alpha value is -2.78. The normalized spacial score (nSPS) is 13.5. The molecule has 0 fully saturated rings. The summed E-state index contributed by atoms with van der Waals surface area (Å²) in [5, 5.41) is 24.6. The summed E-state index contributed by atoms with van der Waals surface area (Å²) in [5.41, 5.74) is -4.93. The third-order valence-corrected chi connectivity index (χ3v) is 3.90. The van der Waals surface area contributed by atoms with Gasteiger partial charge in [0, 0.05) is 6.20 Å². The Balaban J connectivity index is 2.28. The molecule has 2 rings (SSSR count). The van der Waals surface area contributed by atoms with Crippen molar-refractivity contribution in [1.82, 2.24) is 14.8 Å². The average Bonchev–Trinajstić information content (AvgIpc) is 2.91. The first kappa shape index (κ1) is 20.5. The monoisotopic (exact) mass is 447 g/mol. The number of halogens is 5. The summed E-state index contributed by atoms with van der Waals surface area (Å²) in [7, 11) is 0. The number of alkyl halides is 3. The molecular formula is C15H10BrF4N5O2. The molecule has 27 heavy (non-hydrogen) atoms. The van der Waals surface area contributed by atoms with Crippen LogP contribution in [0.5, 0.6) is 0 Å². The lowest BCUT2D eigenvalue weighted by molar-refractivity contribution is -0.138. The number of nitriles is 1. The van der Waals surface area contributed by atoms with Crippen LogP contribution < -0.4 is 5.32 Å². The minimum atomic E-state index is -4.87. The lowest BCUT2D eigenvalue weighted by Crippen LogP contribution is -2.45. The van der Waals surface area contributed by atoms with Gasteiger partial charge >= 0.3 is 6.18 Å². The van der Waals surface area contributed by atoms with Gasteiger partial charge in [0.25, 0.3) is 5.91 Å². The minimum Gasteiger partial charge on any atom is -0.374 e. The van der Waals surface area contributed by atoms with Gasteiger partial charge in [0.1, 0.15) is 6.07 Å². The number of nitrogens with one attached hydrogen (secondary N) is 1. The van der Waals surface area contributed by atoms with Gasteiger partial charge in [-0.3, -0.25) is 9.48 Å². The van der Waals surface area contributed by atoms with E-state index in [9.17, 15) is 27.5 Å². The number of hydrogen-bond acceptors (Lipinski definition) is 5. The van der Waals surface area contributed by atoms with Gasteiger partial charge in [-0.05, 0) is 28.1 Å². The Bertz CT molecular complexity index is 918. The molecule has 0 aliphatic carbocycles. The maximum atomic E-state index is 13.3. The highest BCUT2D eigenvalue weighted by Gasteiger charge is 2.37. The second-order valence-electron chi connectivity index (χ2n) is 5.28. The quantitative estimate of drug-likeness (QED) is 0.541. The molecule has 142 valence electrons. The molecule has 0 bridgehead atoms. The number of aliphatic hydroxyl groups is 1. The lowest BCUT2D eigenvalue weighted by Gasteiger charge is -2.23. The standard InChI is InChI=1S/C15H10BrF4N5O2/c1-2-14(27,7-25-6-10(16)12(17)24-25)13(26)23-8-3-9(15(18,19)20)11(4-21)22-5-8/h2-3,5-6,27H,1,7H2,(H,23,26). The fourth-order valence-electron chi connectivity index (χ4n) is 2.01. The number of rotatable bonds is 5. The largest absolute Gasteiger partial charge is 0.419 e. The van der Waals surface area contributed by atoms with Gasteiger partial charge in [0.2, 0.25) is 5.95 Å². The highest BCUT2D eigenvalue weighted by atomic mass is 79.9. The summed E-state index contributed by atoms with van der Waals surface area (Å²) in [5.74, 6) is -2.03. The van der Waals surface area contributed by atoms with Crippen LogP contribution in [0.15, 0.2) is 35.6 Å². The zero-order valence-electron chi connectivity index (χ0n) is 13.3. The van der Waals surface area contributed by atoms with E-state index < -0.39 is 47.1 Å². The molecule has 0 aromatic carbocycles. The first-order valence-corrected chi connectivity index (χ1v) is 7.82. The van der Waals surface area contributed by atoms with Crippen LogP contribution in [0.2, 0.25) is 0 Å². The highest BCUT2D eigenvalue weighted by Crippen LogP contribution is 2.32. The molecule has 1 amide bonds. The number of hydrogen-bond donors (Lipinski definition) is 2. The van der Waals surface area contributed by atoms with Gasteiger partial charge < -0.3 is 10.4 Å². The molecule has 0 radical (unpaired) electrons. The molecule has 7 nitrogen and oxygen atoms in total. The molecule has 2 N–H and O–H groups in total. The Kier molecular flexibility index (Phi) is 5.67. The van der Waals surface area contributed by atoms with E-state index in [-0.39, 0.29) is 4.47 Å². The Morgan fingerprint density at radius 1 is 1.52 bits per heavy atom. The third kappa shape index (κ3) is 4.50. The van der Waals surface area contributed by atoms with E-state index >= 15 is 0 Å². The number of carbonyl (C=O) groups excluding carboxylic acids is 1. The van der Waals surface area contributed by atoms with Gasteiger partial charge in [-0.1, -0.05) is 6.58 Å². The number of aromatic nitrogens is 3. The summed E-state index contributed by atoms with van der Waals surface area (Å²) >= 11 is 2.87. The number of anilines is 1. The van der Waals surface area contributed by atoms with Crippen molar-refractivity contribution in [1.29, 1.82) is 5.26 Å². The molecular weight excluding hydrogens is 438 g/mol. The molecule has 1 atom stereocenters. The summed E-state index contributed by atoms with van der Waals surface area (Å²) < 4.78 is 53.0. The predicted molar refractivity (Wildman–Crippen MR) is 87.6 cm³/mol. The Labute approximate surface area is 158 Å². The lowest BCUT2D eigenvalue weighted by atomic mass is 10.0. The SMILES string of the molecule is C=CC(O)(Cn1cc(Br)c(F)n1)C(=O)Nc1cnc(C#N)c(C(F)(F)F)c1. The predicted octanol–water partition coefficient (Wildman–Crippen LogP) is 2.63. The van der Waals surface area contributed by atoms with Crippen LogP contribution in [-0.2, 0) is 17.5 Å². The number of pyridine rings is 1. The second kappa shape index (κ2) is 7.45. The van der Waals surface area contributed by atoms with Gasteiger partial charge in [0.15, 0.2) is 11.3 Å². The molecule has 2 heterocycles. The molecule has 0 aliphatic heterocycles. The van der Waals surface area contributed by atoms with Crippen molar-refractivity contribution in [2.45, 2.75) is 18.3 Å². The molecule has 1 unspecified atom stereocenters. The molecule has 0 spiro atoms. The number of nitrogens with zero attached hydrogens (tertiary/aromatic N) is 4. The highest BCUT2D eigenvalue weighted by molar-refractivity contribution is 9.10. The van der Waals surface area contributed by atoms with Crippen LogP contribution in [0.3, 0.4) is 0 Å². The average molecular weight is 448 g/mol. The van der Waals surface area contributed by atoms with Crippen LogP contribution in [-0.4, -0.2) is 31.4 Å². The molecule has 0 saturated carbocycles. The van der Waals surface area contributed by atoms with Crippen molar-refractivity contribution in [2.24, 2.45) is 0 Å². The van der Waals surface area contributed by atoms with E-state index in [0.717, 1.165) is 23.2 Å². The fraction of sp³-hybridized carbons (Fsp3) is 0.200. The van der Waals surface area contributed by atoms with Crippen LogP contribution in [0, 0.1) is 17.3 Å². The molecule has 0 aliphatic rings. The maximum Gasteiger partial charge on any atom is 0.419 e. The molecule has 2 aromatic heterocycles. The fourth-order valence-corrected chi connectivity index (χ4v) is 2.32. The Morgan fingerprint density at radius 2 is 2.19 bits per heavy atom. The topological polar surface area (TPSA) is 104 Å². The van der Waals surface area contributed by atoms with Crippen LogP contribution in [0.4, 0.5) is 23.2 Å². The maximum absolute atomic E-state index is 13.3. The van der Waals surface area contributed by atoms with Crippen molar-refractivity contribution in [2.75, 3.05) is 5.32 Å². The number of carbonyl (C=O) groups is 1. The smallest absolute Gasteiger partial charge is 0.374 e. The Morgan fingerprint density at radius 3 is 2.67 bits per heavy atom. The van der Waals surface area contributed by atoms with Crippen LogP contribution in [0.1, 0.15) is 11.3 Å². The zero-order chi connectivity index (χ0) is 20.4. The molecule has 2 aromatic rings. The van der Waals surface area contributed by atoms with Crippen molar-refractivity contribution < 1.29 is 27.5 Å². The van der Waals surface area contributed by atoms with E-state index in [4.69, 9.17) is 5.26 Å². The van der Waals surface area contributed by atoms with Crippen molar-refractivity contribution >= 4 is 27.5 Å². The van der Waals surface area contributed by atoms with E-state index in [1.54, 1.807) is 0 Å². The third-order valence-electron chi connectivity index (χ3n) is 3.37. The van der Waals surface area contributed by atoms with Crippen molar-refractivity contribution in [3.05, 3.63) is 52.8 Å². The van der Waals surface area contributed by atoms with Gasteiger partial charge in [-0.15, -0.1) is 5.10 Å². The van der Waals surface area contributed by atoms with E-state index in [2.05, 4.69) is 37.9 Å². The number of amides is 1. The minimum absolute atomic E-state index is 0.0135. The van der Waals surface area contributed by atoms with Crippen molar-refractivity contribution in [3.8, 4) is 6.07 Å². The second-order valence-corrected chi connectivity index (χ2v) is 6.13. The summed E-state index contributed by atoms with van der Waals surface area (Å²) in [6.45, 7) is 2.75. The van der Waals surface area contributed by atoms with E-state index in [1.165, 1.54) is 6.07 Å². The van der Waals surface area contributed by atoms with Gasteiger partial charge in [-0.25, -0.2) is 4.98 Å². The zero-order valence-corrected chi connectivity index (χ0v) is 14.8. The first-order chi connectivity index (χ1) is 12.5. The molecule has 12 heteroatoms. The van der Waals surface area contributed by atoms with E-state index in [0.29, 0.717) is 6.07 Å². The van der Waals surface area contributed by atoms with E-state index in [1.807, 2.05) is 0 Å². The molecule has 0 saturated heterocycles. The van der Waals surface area contributed by atoms with Crippen molar-refractivity contribution in [3.63, 3.8) is 0 Å².